The normalized spacial score (nSPS) is 21.9. The molecule has 2 unspecified atom stereocenters. The highest BCUT2D eigenvalue weighted by atomic mass is 31.0. The van der Waals surface area contributed by atoms with Crippen LogP contribution in [0, 0.1) is 0 Å². The van der Waals surface area contributed by atoms with Crippen LogP contribution in [0.2, 0.25) is 0 Å². The zero-order valence-corrected chi connectivity index (χ0v) is 9.61. The van der Waals surface area contributed by atoms with Crippen molar-refractivity contribution in [1.29, 1.82) is 0 Å². The van der Waals surface area contributed by atoms with Crippen LogP contribution >= 0.6 is 9.24 Å². The SMILES string of the molecule is CC1C=C(c2ccc(P)cc2)CCN1. The Morgan fingerprint density at radius 2 is 2.00 bits per heavy atom. The Morgan fingerprint density at radius 3 is 2.64 bits per heavy atom. The molecule has 0 fully saturated rings. The molecule has 1 aliphatic rings. The molecular weight excluding hydrogens is 189 g/mol. The average molecular weight is 205 g/mol. The maximum absolute atomic E-state index is 3.41. The highest BCUT2D eigenvalue weighted by molar-refractivity contribution is 7.27. The van der Waals surface area contributed by atoms with E-state index in [4.69, 9.17) is 0 Å². The van der Waals surface area contributed by atoms with Crippen LogP contribution in [0.1, 0.15) is 18.9 Å². The molecule has 0 amide bonds. The Morgan fingerprint density at radius 1 is 1.29 bits per heavy atom. The first-order valence-corrected chi connectivity index (χ1v) is 5.63. The summed E-state index contributed by atoms with van der Waals surface area (Å²) in [5, 5.41) is 4.66. The third-order valence-electron chi connectivity index (χ3n) is 2.59. The summed E-state index contributed by atoms with van der Waals surface area (Å²) < 4.78 is 0. The molecule has 0 aliphatic carbocycles. The Balaban J connectivity index is 2.26. The van der Waals surface area contributed by atoms with Gasteiger partial charge in [0.1, 0.15) is 0 Å². The van der Waals surface area contributed by atoms with Crippen molar-refractivity contribution in [1.82, 2.24) is 5.32 Å². The van der Waals surface area contributed by atoms with E-state index in [1.165, 1.54) is 16.4 Å². The number of hydrogen-bond acceptors (Lipinski definition) is 1. The first-order valence-electron chi connectivity index (χ1n) is 5.06. The third-order valence-corrected chi connectivity index (χ3v) is 2.98. The zero-order chi connectivity index (χ0) is 9.97. The van der Waals surface area contributed by atoms with E-state index in [-0.39, 0.29) is 0 Å². The predicted octanol–water partition coefficient (Wildman–Crippen LogP) is 1.95. The van der Waals surface area contributed by atoms with Crippen LogP contribution in [0.4, 0.5) is 0 Å². The second-order valence-electron chi connectivity index (χ2n) is 3.81. The molecule has 0 radical (unpaired) electrons. The lowest BCUT2D eigenvalue weighted by atomic mass is 9.98. The average Bonchev–Trinajstić information content (AvgIpc) is 2.19. The van der Waals surface area contributed by atoms with E-state index in [9.17, 15) is 0 Å². The Bertz CT molecular complexity index is 340. The summed E-state index contributed by atoms with van der Waals surface area (Å²) in [5.74, 6) is 0. The third kappa shape index (κ3) is 2.23. The van der Waals surface area contributed by atoms with Gasteiger partial charge in [-0.15, -0.1) is 9.24 Å². The van der Waals surface area contributed by atoms with Gasteiger partial charge in [0.25, 0.3) is 0 Å². The highest BCUT2D eigenvalue weighted by Crippen LogP contribution is 2.20. The monoisotopic (exact) mass is 205 g/mol. The van der Waals surface area contributed by atoms with Crippen LogP contribution in [-0.4, -0.2) is 12.6 Å². The van der Waals surface area contributed by atoms with E-state index in [1.54, 1.807) is 0 Å². The summed E-state index contributed by atoms with van der Waals surface area (Å²) in [6.07, 6.45) is 3.46. The van der Waals surface area contributed by atoms with Gasteiger partial charge in [0, 0.05) is 6.04 Å². The van der Waals surface area contributed by atoms with Gasteiger partial charge in [-0.05, 0) is 36.3 Å². The summed E-state index contributed by atoms with van der Waals surface area (Å²) in [6, 6.07) is 9.20. The summed E-state index contributed by atoms with van der Waals surface area (Å²) in [7, 11) is 2.72. The van der Waals surface area contributed by atoms with Crippen molar-refractivity contribution in [2.45, 2.75) is 19.4 Å². The van der Waals surface area contributed by atoms with E-state index in [1.807, 2.05) is 0 Å². The van der Waals surface area contributed by atoms with Gasteiger partial charge in [-0.1, -0.05) is 30.3 Å². The van der Waals surface area contributed by atoms with Gasteiger partial charge >= 0.3 is 0 Å². The van der Waals surface area contributed by atoms with Crippen molar-refractivity contribution >= 4 is 20.1 Å². The minimum Gasteiger partial charge on any atom is -0.310 e. The number of benzene rings is 1. The molecule has 1 heterocycles. The maximum atomic E-state index is 3.41. The van der Waals surface area contributed by atoms with Crippen molar-refractivity contribution in [2.24, 2.45) is 0 Å². The second kappa shape index (κ2) is 4.25. The fourth-order valence-electron chi connectivity index (χ4n) is 1.82. The molecule has 1 aromatic carbocycles. The van der Waals surface area contributed by atoms with Crippen molar-refractivity contribution < 1.29 is 0 Å². The van der Waals surface area contributed by atoms with Gasteiger partial charge in [-0.3, -0.25) is 0 Å². The lowest BCUT2D eigenvalue weighted by Crippen LogP contribution is -2.29. The Kier molecular flexibility index (Phi) is 3.00. The van der Waals surface area contributed by atoms with E-state index >= 15 is 0 Å². The summed E-state index contributed by atoms with van der Waals surface area (Å²) in [6.45, 7) is 3.29. The molecule has 2 heteroatoms. The van der Waals surface area contributed by atoms with Crippen LogP contribution < -0.4 is 10.6 Å². The largest absolute Gasteiger partial charge is 0.310 e. The molecule has 0 spiro atoms. The molecular formula is C12H16NP. The van der Waals surface area contributed by atoms with Crippen molar-refractivity contribution in [3.63, 3.8) is 0 Å². The fourth-order valence-corrected chi connectivity index (χ4v) is 2.01. The molecule has 0 bridgehead atoms. The van der Waals surface area contributed by atoms with Crippen molar-refractivity contribution in [2.75, 3.05) is 6.54 Å². The smallest absolute Gasteiger partial charge is 0.0227 e. The molecule has 2 atom stereocenters. The summed E-state index contributed by atoms with van der Waals surface area (Å²) in [4.78, 5) is 0. The van der Waals surface area contributed by atoms with Gasteiger partial charge in [0.15, 0.2) is 0 Å². The molecule has 74 valence electrons. The van der Waals surface area contributed by atoms with Crippen LogP contribution in [0.25, 0.3) is 5.57 Å². The van der Waals surface area contributed by atoms with Crippen LogP contribution in [0.5, 0.6) is 0 Å². The first-order chi connectivity index (χ1) is 6.75. The van der Waals surface area contributed by atoms with E-state index in [0.717, 1.165) is 13.0 Å². The first kappa shape index (κ1) is 9.89. The molecule has 0 aromatic heterocycles. The van der Waals surface area contributed by atoms with Crippen LogP contribution in [0.15, 0.2) is 30.3 Å². The molecule has 14 heavy (non-hydrogen) atoms. The zero-order valence-electron chi connectivity index (χ0n) is 8.46. The maximum Gasteiger partial charge on any atom is 0.0227 e. The Hall–Kier alpha value is -0.650. The summed E-state index contributed by atoms with van der Waals surface area (Å²) >= 11 is 0. The summed E-state index contributed by atoms with van der Waals surface area (Å²) in [5.41, 5.74) is 2.84. The molecule has 1 aliphatic heterocycles. The van der Waals surface area contributed by atoms with Crippen LogP contribution in [-0.2, 0) is 0 Å². The van der Waals surface area contributed by atoms with Crippen LogP contribution in [0.3, 0.4) is 0 Å². The predicted molar refractivity (Wildman–Crippen MR) is 65.8 cm³/mol. The molecule has 0 saturated carbocycles. The topological polar surface area (TPSA) is 12.0 Å². The van der Waals surface area contributed by atoms with Gasteiger partial charge < -0.3 is 5.32 Å². The van der Waals surface area contributed by atoms with Gasteiger partial charge in [-0.25, -0.2) is 0 Å². The molecule has 2 rings (SSSR count). The molecule has 1 N–H and O–H groups in total. The van der Waals surface area contributed by atoms with E-state index in [0.29, 0.717) is 6.04 Å². The quantitative estimate of drug-likeness (QED) is 0.691. The lowest BCUT2D eigenvalue weighted by Gasteiger charge is -2.19. The number of hydrogen-bond donors (Lipinski definition) is 1. The molecule has 0 saturated heterocycles. The lowest BCUT2D eigenvalue weighted by molar-refractivity contribution is 0.620. The van der Waals surface area contributed by atoms with Crippen molar-refractivity contribution in [3.8, 4) is 0 Å². The molecule has 1 aromatic rings. The fraction of sp³-hybridized carbons (Fsp3) is 0.333. The number of rotatable bonds is 1. The minimum absolute atomic E-state index is 0.509. The number of nitrogens with one attached hydrogen (secondary N) is 1. The van der Waals surface area contributed by atoms with E-state index in [2.05, 4.69) is 51.8 Å². The second-order valence-corrected chi connectivity index (χ2v) is 4.47. The van der Waals surface area contributed by atoms with Gasteiger partial charge in [0.2, 0.25) is 0 Å². The van der Waals surface area contributed by atoms with Crippen molar-refractivity contribution in [3.05, 3.63) is 35.9 Å². The van der Waals surface area contributed by atoms with Gasteiger partial charge in [-0.2, -0.15) is 0 Å². The molecule has 1 nitrogen and oxygen atoms in total. The van der Waals surface area contributed by atoms with E-state index < -0.39 is 0 Å². The standard InChI is InChI=1S/C12H16NP/c1-9-8-11(6-7-13-9)10-2-4-12(14)5-3-10/h2-5,8-9,13H,6-7,14H2,1H3. The minimum atomic E-state index is 0.509. The van der Waals surface area contributed by atoms with Gasteiger partial charge in [0.05, 0.1) is 0 Å². The Labute approximate surface area is 87.8 Å². The highest BCUT2D eigenvalue weighted by Gasteiger charge is 2.09.